The van der Waals surface area contributed by atoms with E-state index in [2.05, 4.69) is 12.2 Å². The summed E-state index contributed by atoms with van der Waals surface area (Å²) in [4.78, 5) is 0. The summed E-state index contributed by atoms with van der Waals surface area (Å²) in [6.07, 6.45) is 5.96. The molecule has 0 bridgehead atoms. The summed E-state index contributed by atoms with van der Waals surface area (Å²) in [7, 11) is 0. The minimum absolute atomic E-state index is 0.0657. The van der Waals surface area contributed by atoms with Gasteiger partial charge in [0.15, 0.2) is 0 Å². The van der Waals surface area contributed by atoms with E-state index in [1.807, 2.05) is 0 Å². The first-order valence-corrected chi connectivity index (χ1v) is 5.15. The Bertz CT molecular complexity index is 169. The second-order valence-electron chi connectivity index (χ2n) is 4.56. The van der Waals surface area contributed by atoms with E-state index in [1.54, 1.807) is 0 Å². The first-order valence-electron chi connectivity index (χ1n) is 5.15. The molecule has 2 nitrogen and oxygen atoms in total. The predicted molar refractivity (Wildman–Crippen MR) is 49.0 cm³/mol. The molecule has 1 saturated carbocycles. The quantitative estimate of drug-likeness (QED) is 0.572. The largest absolute Gasteiger partial charge is 0.392 e. The maximum Gasteiger partial charge on any atom is 0.0620 e. The maximum atomic E-state index is 9.92. The average molecular weight is 169 g/mol. The number of fused-ring (bicyclic) bond motifs is 1. The van der Waals surface area contributed by atoms with E-state index >= 15 is 0 Å². The molecule has 0 aromatic carbocycles. The summed E-state index contributed by atoms with van der Waals surface area (Å²) in [5, 5.41) is 13.5. The van der Waals surface area contributed by atoms with Gasteiger partial charge in [-0.15, -0.1) is 0 Å². The summed E-state index contributed by atoms with van der Waals surface area (Å²) < 4.78 is 0. The standard InChI is InChI=1S/C10H19NO/c1-10-6-3-2-4-8(10)11-7-5-9(10)12/h8-9,11-12H,2-7H2,1H3. The fourth-order valence-electron chi connectivity index (χ4n) is 2.82. The van der Waals surface area contributed by atoms with Gasteiger partial charge in [0.05, 0.1) is 6.10 Å². The fourth-order valence-corrected chi connectivity index (χ4v) is 2.82. The van der Waals surface area contributed by atoms with Gasteiger partial charge in [-0.2, -0.15) is 0 Å². The molecule has 2 heteroatoms. The summed E-state index contributed by atoms with van der Waals surface area (Å²) >= 11 is 0. The Labute approximate surface area is 74.4 Å². The zero-order valence-electron chi connectivity index (χ0n) is 7.84. The highest BCUT2D eigenvalue weighted by Gasteiger charge is 2.44. The molecule has 70 valence electrons. The average Bonchev–Trinajstić information content (AvgIpc) is 2.07. The number of nitrogens with one attached hydrogen (secondary N) is 1. The van der Waals surface area contributed by atoms with Crippen LogP contribution in [0.25, 0.3) is 0 Å². The van der Waals surface area contributed by atoms with Crippen molar-refractivity contribution in [1.29, 1.82) is 0 Å². The topological polar surface area (TPSA) is 32.3 Å². The van der Waals surface area contributed by atoms with Crippen LogP contribution in [0.5, 0.6) is 0 Å². The third-order valence-electron chi connectivity index (χ3n) is 3.82. The summed E-state index contributed by atoms with van der Waals surface area (Å²) in [6.45, 7) is 3.25. The summed E-state index contributed by atoms with van der Waals surface area (Å²) in [5.41, 5.74) is 0.177. The third kappa shape index (κ3) is 1.17. The molecule has 3 unspecified atom stereocenters. The van der Waals surface area contributed by atoms with Gasteiger partial charge < -0.3 is 10.4 Å². The van der Waals surface area contributed by atoms with Crippen LogP contribution < -0.4 is 5.32 Å². The molecular weight excluding hydrogens is 150 g/mol. The Morgan fingerprint density at radius 2 is 2.17 bits per heavy atom. The van der Waals surface area contributed by atoms with Crippen molar-refractivity contribution in [3.8, 4) is 0 Å². The highest BCUT2D eigenvalue weighted by molar-refractivity contribution is 4.98. The van der Waals surface area contributed by atoms with E-state index < -0.39 is 0 Å². The lowest BCUT2D eigenvalue weighted by Gasteiger charge is -2.48. The smallest absolute Gasteiger partial charge is 0.0620 e. The van der Waals surface area contributed by atoms with E-state index in [4.69, 9.17) is 0 Å². The third-order valence-corrected chi connectivity index (χ3v) is 3.82. The molecule has 0 aromatic rings. The van der Waals surface area contributed by atoms with Crippen LogP contribution in [0.1, 0.15) is 39.0 Å². The van der Waals surface area contributed by atoms with Crippen molar-refractivity contribution in [2.75, 3.05) is 6.54 Å². The number of piperidine rings is 1. The second-order valence-corrected chi connectivity index (χ2v) is 4.56. The van der Waals surface area contributed by atoms with Crippen LogP contribution in [-0.4, -0.2) is 23.8 Å². The van der Waals surface area contributed by atoms with Gasteiger partial charge >= 0.3 is 0 Å². The molecule has 1 aliphatic carbocycles. The molecule has 0 radical (unpaired) electrons. The number of aliphatic hydroxyl groups excluding tert-OH is 1. The van der Waals surface area contributed by atoms with Crippen LogP contribution in [0, 0.1) is 5.41 Å². The molecule has 0 aromatic heterocycles. The van der Waals surface area contributed by atoms with E-state index in [0.29, 0.717) is 6.04 Å². The van der Waals surface area contributed by atoms with Crippen LogP contribution >= 0.6 is 0 Å². The van der Waals surface area contributed by atoms with E-state index in [9.17, 15) is 5.11 Å². The van der Waals surface area contributed by atoms with E-state index in [0.717, 1.165) is 13.0 Å². The zero-order chi connectivity index (χ0) is 8.60. The Kier molecular flexibility index (Phi) is 2.13. The first kappa shape index (κ1) is 8.52. The Balaban J connectivity index is 2.14. The van der Waals surface area contributed by atoms with Gasteiger partial charge in [0.1, 0.15) is 0 Å². The van der Waals surface area contributed by atoms with Crippen molar-refractivity contribution in [2.45, 2.75) is 51.2 Å². The molecule has 1 aliphatic heterocycles. The van der Waals surface area contributed by atoms with Crippen LogP contribution in [-0.2, 0) is 0 Å². The Morgan fingerprint density at radius 1 is 1.33 bits per heavy atom. The Morgan fingerprint density at radius 3 is 2.92 bits per heavy atom. The van der Waals surface area contributed by atoms with Gasteiger partial charge in [-0.05, 0) is 25.8 Å². The normalized spacial score (nSPS) is 48.5. The van der Waals surface area contributed by atoms with Gasteiger partial charge in [-0.1, -0.05) is 19.8 Å². The number of aliphatic hydroxyl groups is 1. The molecule has 0 spiro atoms. The van der Waals surface area contributed by atoms with Gasteiger partial charge in [-0.3, -0.25) is 0 Å². The molecule has 1 heterocycles. The summed E-state index contributed by atoms with van der Waals surface area (Å²) in [6, 6.07) is 0.579. The maximum absolute atomic E-state index is 9.92. The monoisotopic (exact) mass is 169 g/mol. The van der Waals surface area contributed by atoms with Crippen LogP contribution in [0.2, 0.25) is 0 Å². The first-order chi connectivity index (χ1) is 5.73. The SMILES string of the molecule is CC12CCCCC1NCCC2O. The lowest BCUT2D eigenvalue weighted by atomic mass is 9.65. The molecule has 0 amide bonds. The van der Waals surface area contributed by atoms with Gasteiger partial charge in [-0.25, -0.2) is 0 Å². The second kappa shape index (κ2) is 3.00. The Hall–Kier alpha value is -0.0800. The van der Waals surface area contributed by atoms with Crippen molar-refractivity contribution in [3.63, 3.8) is 0 Å². The minimum Gasteiger partial charge on any atom is -0.392 e. The van der Waals surface area contributed by atoms with Crippen LogP contribution in [0.15, 0.2) is 0 Å². The molecule has 2 aliphatic rings. The van der Waals surface area contributed by atoms with Crippen LogP contribution in [0.4, 0.5) is 0 Å². The molecule has 2 fully saturated rings. The van der Waals surface area contributed by atoms with E-state index in [1.165, 1.54) is 25.7 Å². The van der Waals surface area contributed by atoms with Crippen molar-refractivity contribution in [3.05, 3.63) is 0 Å². The molecular formula is C10H19NO. The molecule has 1 saturated heterocycles. The lowest BCUT2D eigenvalue weighted by molar-refractivity contribution is -0.0417. The van der Waals surface area contributed by atoms with Crippen LogP contribution in [0.3, 0.4) is 0 Å². The van der Waals surface area contributed by atoms with Crippen molar-refractivity contribution < 1.29 is 5.11 Å². The lowest BCUT2D eigenvalue weighted by Crippen LogP contribution is -2.57. The van der Waals surface area contributed by atoms with Crippen molar-refractivity contribution >= 4 is 0 Å². The number of hydrogen-bond donors (Lipinski definition) is 2. The van der Waals surface area contributed by atoms with Crippen molar-refractivity contribution in [1.82, 2.24) is 5.32 Å². The van der Waals surface area contributed by atoms with Crippen molar-refractivity contribution in [2.24, 2.45) is 5.41 Å². The van der Waals surface area contributed by atoms with Gasteiger partial charge in [0.25, 0.3) is 0 Å². The fraction of sp³-hybridized carbons (Fsp3) is 1.00. The summed E-state index contributed by atoms with van der Waals surface area (Å²) in [5.74, 6) is 0. The van der Waals surface area contributed by atoms with Gasteiger partial charge in [0, 0.05) is 11.5 Å². The molecule has 3 atom stereocenters. The predicted octanol–water partition coefficient (Wildman–Crippen LogP) is 1.29. The zero-order valence-corrected chi connectivity index (χ0v) is 7.84. The highest BCUT2D eigenvalue weighted by Crippen LogP contribution is 2.41. The molecule has 2 rings (SSSR count). The van der Waals surface area contributed by atoms with E-state index in [-0.39, 0.29) is 11.5 Å². The number of rotatable bonds is 0. The number of hydrogen-bond acceptors (Lipinski definition) is 2. The molecule has 2 N–H and O–H groups in total. The highest BCUT2D eigenvalue weighted by atomic mass is 16.3. The minimum atomic E-state index is -0.0657. The molecule has 12 heavy (non-hydrogen) atoms. The van der Waals surface area contributed by atoms with Gasteiger partial charge in [0.2, 0.25) is 0 Å².